The van der Waals surface area contributed by atoms with Gasteiger partial charge in [0.2, 0.25) is 0 Å². The molecule has 0 spiro atoms. The van der Waals surface area contributed by atoms with Gasteiger partial charge in [0.15, 0.2) is 0 Å². The van der Waals surface area contributed by atoms with E-state index in [1.54, 1.807) is 31.2 Å². The Kier molecular flexibility index (Phi) is 7.69. The first-order valence-corrected chi connectivity index (χ1v) is 9.79. The molecular formula is C24H21N3O5. The molecule has 0 aromatic heterocycles. The minimum atomic E-state index is -0.938. The van der Waals surface area contributed by atoms with E-state index in [2.05, 4.69) is 15.8 Å². The topological polar surface area (TPSA) is 106 Å². The number of benzene rings is 3. The number of hydrogen-bond acceptors (Lipinski definition) is 6. The normalized spacial score (nSPS) is 10.4. The molecule has 0 radical (unpaired) electrons. The van der Waals surface area contributed by atoms with Gasteiger partial charge >= 0.3 is 17.8 Å². The molecule has 0 saturated carbocycles. The van der Waals surface area contributed by atoms with E-state index in [1.165, 1.54) is 30.5 Å². The molecule has 8 nitrogen and oxygen atoms in total. The Morgan fingerprint density at radius 2 is 1.59 bits per heavy atom. The Bertz CT molecular complexity index is 1110. The zero-order chi connectivity index (χ0) is 22.8. The summed E-state index contributed by atoms with van der Waals surface area (Å²) >= 11 is 0. The monoisotopic (exact) mass is 431 g/mol. The van der Waals surface area contributed by atoms with Crippen molar-refractivity contribution in [2.45, 2.75) is 6.92 Å². The van der Waals surface area contributed by atoms with Gasteiger partial charge in [-0.2, -0.15) is 5.10 Å². The summed E-state index contributed by atoms with van der Waals surface area (Å²) in [7, 11) is 0. The number of nitrogens with zero attached hydrogens (tertiary/aromatic N) is 1. The number of para-hydroxylation sites is 1. The van der Waals surface area contributed by atoms with Crippen LogP contribution in [-0.2, 0) is 14.3 Å². The molecule has 0 saturated heterocycles. The zero-order valence-electron chi connectivity index (χ0n) is 17.3. The van der Waals surface area contributed by atoms with Crippen LogP contribution in [0.5, 0.6) is 11.5 Å². The van der Waals surface area contributed by atoms with Crippen LogP contribution >= 0.6 is 0 Å². The van der Waals surface area contributed by atoms with E-state index >= 15 is 0 Å². The average Bonchev–Trinajstić information content (AvgIpc) is 2.80. The number of rotatable bonds is 7. The Hall–Kier alpha value is -4.46. The molecule has 0 aliphatic carbocycles. The summed E-state index contributed by atoms with van der Waals surface area (Å²) < 4.78 is 10.6. The fraction of sp³-hybridized carbons (Fsp3) is 0.0833. The molecule has 3 aromatic carbocycles. The predicted octanol–water partition coefficient (Wildman–Crippen LogP) is 3.74. The molecule has 3 rings (SSSR count). The van der Waals surface area contributed by atoms with Gasteiger partial charge in [0.1, 0.15) is 11.5 Å². The van der Waals surface area contributed by atoms with E-state index in [9.17, 15) is 14.4 Å². The summed E-state index contributed by atoms with van der Waals surface area (Å²) in [5.74, 6) is -0.993. The molecule has 32 heavy (non-hydrogen) atoms. The molecule has 0 bridgehead atoms. The lowest BCUT2D eigenvalue weighted by atomic mass is 10.2. The van der Waals surface area contributed by atoms with Crippen molar-refractivity contribution in [3.63, 3.8) is 0 Å². The molecule has 0 heterocycles. The average molecular weight is 431 g/mol. The van der Waals surface area contributed by atoms with Crippen LogP contribution in [0.1, 0.15) is 22.8 Å². The standard InChI is InChI=1S/C24H21N3O5/c1-2-31-24(30)18-11-13-19(14-12-18)26-22(28)23(29)27-25-16-17-7-6-10-21(15-17)32-20-8-4-3-5-9-20/h3-16H,2H2,1H3,(H,26,28)(H,27,29)/b25-16+. The SMILES string of the molecule is CCOC(=O)c1ccc(NC(=O)C(=O)N/N=C/c2cccc(Oc3ccccc3)c2)cc1. The van der Waals surface area contributed by atoms with Crippen molar-refractivity contribution in [1.29, 1.82) is 0 Å². The first kappa shape index (κ1) is 22.2. The highest BCUT2D eigenvalue weighted by atomic mass is 16.5. The summed E-state index contributed by atoms with van der Waals surface area (Å²) in [6.07, 6.45) is 1.40. The van der Waals surface area contributed by atoms with Crippen LogP contribution in [0.4, 0.5) is 5.69 Å². The maximum Gasteiger partial charge on any atom is 0.338 e. The van der Waals surface area contributed by atoms with Crippen LogP contribution in [0, 0.1) is 0 Å². The van der Waals surface area contributed by atoms with Crippen molar-refractivity contribution in [3.8, 4) is 11.5 Å². The molecule has 3 aromatic rings. The molecule has 0 aliphatic rings. The van der Waals surface area contributed by atoms with Gasteiger partial charge in [-0.15, -0.1) is 0 Å². The fourth-order valence-electron chi connectivity index (χ4n) is 2.59. The maximum atomic E-state index is 12.0. The number of ether oxygens (including phenoxy) is 2. The largest absolute Gasteiger partial charge is 0.462 e. The van der Waals surface area contributed by atoms with Crippen molar-refractivity contribution >= 4 is 29.7 Å². The number of amides is 2. The van der Waals surface area contributed by atoms with Crippen LogP contribution in [0.2, 0.25) is 0 Å². The van der Waals surface area contributed by atoms with Crippen molar-refractivity contribution in [2.75, 3.05) is 11.9 Å². The lowest BCUT2D eigenvalue weighted by Crippen LogP contribution is -2.32. The van der Waals surface area contributed by atoms with Gasteiger partial charge in [0, 0.05) is 5.69 Å². The molecule has 0 unspecified atom stereocenters. The van der Waals surface area contributed by atoms with E-state index < -0.39 is 17.8 Å². The number of hydrazone groups is 1. The number of carbonyl (C=O) groups excluding carboxylic acids is 3. The van der Waals surface area contributed by atoms with Crippen molar-refractivity contribution in [2.24, 2.45) is 5.10 Å². The Morgan fingerprint density at radius 3 is 2.31 bits per heavy atom. The highest BCUT2D eigenvalue weighted by Crippen LogP contribution is 2.21. The first-order chi connectivity index (χ1) is 15.5. The van der Waals surface area contributed by atoms with Gasteiger partial charge in [0.05, 0.1) is 18.4 Å². The third-order valence-corrected chi connectivity index (χ3v) is 4.08. The molecule has 0 atom stereocenters. The number of nitrogens with one attached hydrogen (secondary N) is 2. The summed E-state index contributed by atoms with van der Waals surface area (Å²) in [4.78, 5) is 35.6. The van der Waals surface area contributed by atoms with Gasteiger partial charge in [-0.3, -0.25) is 9.59 Å². The van der Waals surface area contributed by atoms with Crippen molar-refractivity contribution < 1.29 is 23.9 Å². The molecule has 0 fully saturated rings. The second-order valence-corrected chi connectivity index (χ2v) is 6.44. The van der Waals surface area contributed by atoms with E-state index in [0.29, 0.717) is 28.3 Å². The van der Waals surface area contributed by atoms with Crippen LogP contribution in [-0.4, -0.2) is 30.6 Å². The minimum Gasteiger partial charge on any atom is -0.462 e. The lowest BCUT2D eigenvalue weighted by Gasteiger charge is -2.06. The third kappa shape index (κ3) is 6.53. The third-order valence-electron chi connectivity index (χ3n) is 4.08. The zero-order valence-corrected chi connectivity index (χ0v) is 17.3. The summed E-state index contributed by atoms with van der Waals surface area (Å²) in [5, 5.41) is 6.24. The summed E-state index contributed by atoms with van der Waals surface area (Å²) in [5.41, 5.74) is 3.54. The number of esters is 1. The quantitative estimate of drug-likeness (QED) is 0.257. The molecule has 8 heteroatoms. The Morgan fingerprint density at radius 1 is 0.875 bits per heavy atom. The van der Waals surface area contributed by atoms with Gasteiger partial charge in [-0.25, -0.2) is 10.2 Å². The number of anilines is 1. The number of carbonyl (C=O) groups is 3. The van der Waals surface area contributed by atoms with E-state index in [0.717, 1.165) is 0 Å². The van der Waals surface area contributed by atoms with Gasteiger partial charge < -0.3 is 14.8 Å². The molecular weight excluding hydrogens is 410 g/mol. The van der Waals surface area contributed by atoms with Crippen molar-refractivity contribution in [3.05, 3.63) is 90.0 Å². The highest BCUT2D eigenvalue weighted by Gasteiger charge is 2.13. The van der Waals surface area contributed by atoms with E-state index in [-0.39, 0.29) is 6.61 Å². The second-order valence-electron chi connectivity index (χ2n) is 6.44. The molecule has 2 amide bonds. The highest BCUT2D eigenvalue weighted by molar-refractivity contribution is 6.39. The summed E-state index contributed by atoms with van der Waals surface area (Å²) in [6, 6.07) is 22.4. The van der Waals surface area contributed by atoms with Crippen LogP contribution in [0.25, 0.3) is 0 Å². The van der Waals surface area contributed by atoms with Crippen LogP contribution in [0.3, 0.4) is 0 Å². The maximum absolute atomic E-state index is 12.0. The second kappa shape index (κ2) is 11.1. The minimum absolute atomic E-state index is 0.266. The first-order valence-electron chi connectivity index (χ1n) is 9.79. The molecule has 162 valence electrons. The van der Waals surface area contributed by atoms with Gasteiger partial charge in [-0.1, -0.05) is 30.3 Å². The summed E-state index contributed by atoms with van der Waals surface area (Å²) in [6.45, 7) is 1.98. The Labute approximate surface area is 184 Å². The predicted molar refractivity (Wildman–Crippen MR) is 120 cm³/mol. The fourth-order valence-corrected chi connectivity index (χ4v) is 2.59. The van der Waals surface area contributed by atoms with E-state index in [1.807, 2.05) is 30.3 Å². The van der Waals surface area contributed by atoms with Gasteiger partial charge in [0.25, 0.3) is 0 Å². The Balaban J connectivity index is 1.52. The number of hydrogen-bond donors (Lipinski definition) is 2. The lowest BCUT2D eigenvalue weighted by molar-refractivity contribution is -0.136. The van der Waals surface area contributed by atoms with Crippen LogP contribution < -0.4 is 15.5 Å². The van der Waals surface area contributed by atoms with E-state index in [4.69, 9.17) is 9.47 Å². The molecule has 0 aliphatic heterocycles. The smallest absolute Gasteiger partial charge is 0.338 e. The molecule has 2 N–H and O–H groups in total. The van der Waals surface area contributed by atoms with Crippen LogP contribution in [0.15, 0.2) is 84.0 Å². The van der Waals surface area contributed by atoms with Crippen molar-refractivity contribution in [1.82, 2.24) is 5.43 Å². The van der Waals surface area contributed by atoms with Gasteiger partial charge in [-0.05, 0) is 61.0 Å².